The molecule has 0 bridgehead atoms. The van der Waals surface area contributed by atoms with Gasteiger partial charge < -0.3 is 5.32 Å². The molecule has 0 unspecified atom stereocenters. The maximum Gasteiger partial charge on any atom is 0.224 e. The Bertz CT molecular complexity index is 890. The summed E-state index contributed by atoms with van der Waals surface area (Å²) < 4.78 is 29.4. The number of nitrogens with one attached hydrogen (secondary N) is 1. The van der Waals surface area contributed by atoms with E-state index in [0.717, 1.165) is 50.8 Å². The molecule has 0 radical (unpaired) electrons. The third-order valence-corrected chi connectivity index (χ3v) is 6.62. The number of halogens is 3. The standard InChI is InChI=1S/C23H26ClF2N3O/c24-18-7-8-19(25)20(21(18)26)22(16-5-1-2-6-16)28-23(30)17-9-11-29(14-17)13-15-4-3-10-27-12-15/h3-4,7-8,10,12,16-17,22H,1-2,5-6,9,11,13-14H2,(H,28,30)/t17-,22-/m0/s1. The van der Waals surface area contributed by atoms with Gasteiger partial charge in [0.1, 0.15) is 11.6 Å². The number of likely N-dealkylation sites (tertiary alicyclic amines) is 1. The summed E-state index contributed by atoms with van der Waals surface area (Å²) >= 11 is 5.93. The van der Waals surface area contributed by atoms with Crippen LogP contribution in [0.2, 0.25) is 5.02 Å². The Morgan fingerprint density at radius 2 is 2.03 bits per heavy atom. The average Bonchev–Trinajstić information content (AvgIpc) is 3.43. The highest BCUT2D eigenvalue weighted by Crippen LogP contribution is 2.39. The number of benzene rings is 1. The maximum absolute atomic E-state index is 14.8. The van der Waals surface area contributed by atoms with Gasteiger partial charge in [-0.05, 0) is 55.5 Å². The Morgan fingerprint density at radius 1 is 1.23 bits per heavy atom. The summed E-state index contributed by atoms with van der Waals surface area (Å²) in [6.07, 6.45) is 7.98. The van der Waals surface area contributed by atoms with Crippen molar-refractivity contribution in [2.75, 3.05) is 13.1 Å². The second-order valence-corrected chi connectivity index (χ2v) is 8.78. The maximum atomic E-state index is 14.8. The molecule has 2 fully saturated rings. The Hall–Kier alpha value is -2.05. The van der Waals surface area contributed by atoms with E-state index < -0.39 is 17.7 Å². The van der Waals surface area contributed by atoms with E-state index in [2.05, 4.69) is 15.2 Å². The van der Waals surface area contributed by atoms with Crippen LogP contribution < -0.4 is 5.32 Å². The second kappa shape index (κ2) is 9.40. The van der Waals surface area contributed by atoms with Gasteiger partial charge in [0.2, 0.25) is 5.91 Å². The van der Waals surface area contributed by atoms with Crippen molar-refractivity contribution >= 4 is 17.5 Å². The predicted octanol–water partition coefficient (Wildman–Crippen LogP) is 4.88. The molecule has 1 aliphatic carbocycles. The lowest BCUT2D eigenvalue weighted by Gasteiger charge is -2.27. The van der Waals surface area contributed by atoms with E-state index in [9.17, 15) is 13.6 Å². The molecule has 0 spiro atoms. The molecular weight excluding hydrogens is 408 g/mol. The van der Waals surface area contributed by atoms with Crippen LogP contribution in [-0.2, 0) is 11.3 Å². The molecular formula is C23H26ClF2N3O. The number of carbonyl (C=O) groups excluding carboxylic acids is 1. The molecule has 1 N–H and O–H groups in total. The highest BCUT2D eigenvalue weighted by molar-refractivity contribution is 6.30. The van der Waals surface area contributed by atoms with Gasteiger partial charge in [-0.2, -0.15) is 0 Å². The zero-order valence-electron chi connectivity index (χ0n) is 16.8. The first-order chi connectivity index (χ1) is 14.5. The largest absolute Gasteiger partial charge is 0.349 e. The summed E-state index contributed by atoms with van der Waals surface area (Å²) in [6, 6.07) is 5.62. The Balaban J connectivity index is 1.47. The van der Waals surface area contributed by atoms with E-state index in [0.29, 0.717) is 6.54 Å². The number of nitrogens with zero attached hydrogens (tertiary/aromatic N) is 2. The smallest absolute Gasteiger partial charge is 0.224 e. The lowest BCUT2D eigenvalue weighted by molar-refractivity contribution is -0.125. The van der Waals surface area contributed by atoms with Gasteiger partial charge in [-0.1, -0.05) is 30.5 Å². The minimum Gasteiger partial charge on any atom is -0.349 e. The fraction of sp³-hybridized carbons (Fsp3) is 0.478. The van der Waals surface area contributed by atoms with Crippen LogP contribution in [-0.4, -0.2) is 28.9 Å². The number of hydrogen-bond donors (Lipinski definition) is 1. The third kappa shape index (κ3) is 4.65. The summed E-state index contributed by atoms with van der Waals surface area (Å²) in [6.45, 7) is 2.17. The van der Waals surface area contributed by atoms with Crippen LogP contribution in [0.3, 0.4) is 0 Å². The molecule has 2 aromatic rings. The predicted molar refractivity (Wildman–Crippen MR) is 112 cm³/mol. The number of hydrogen-bond acceptors (Lipinski definition) is 3. The van der Waals surface area contributed by atoms with Crippen LogP contribution in [0.5, 0.6) is 0 Å². The van der Waals surface area contributed by atoms with Gasteiger partial charge in [-0.25, -0.2) is 8.78 Å². The van der Waals surface area contributed by atoms with Crippen molar-refractivity contribution in [2.24, 2.45) is 11.8 Å². The van der Waals surface area contributed by atoms with E-state index in [1.165, 1.54) is 12.1 Å². The number of amides is 1. The van der Waals surface area contributed by atoms with Gasteiger partial charge in [0.25, 0.3) is 0 Å². The normalized spacial score (nSPS) is 21.1. The molecule has 1 amide bonds. The summed E-state index contributed by atoms with van der Waals surface area (Å²) in [7, 11) is 0. The van der Waals surface area contributed by atoms with E-state index in [1.54, 1.807) is 6.20 Å². The first kappa shape index (κ1) is 21.2. The van der Waals surface area contributed by atoms with Crippen molar-refractivity contribution in [3.8, 4) is 0 Å². The molecule has 2 heterocycles. The lowest BCUT2D eigenvalue weighted by Crippen LogP contribution is -2.39. The molecule has 1 saturated carbocycles. The quantitative estimate of drug-likeness (QED) is 0.660. The molecule has 4 rings (SSSR count). The van der Waals surface area contributed by atoms with Gasteiger partial charge >= 0.3 is 0 Å². The minimum atomic E-state index is -0.765. The molecule has 7 heteroatoms. The van der Waals surface area contributed by atoms with Gasteiger partial charge in [0.05, 0.1) is 17.0 Å². The Morgan fingerprint density at radius 3 is 2.77 bits per heavy atom. The third-order valence-electron chi connectivity index (χ3n) is 6.33. The van der Waals surface area contributed by atoms with Crippen LogP contribution in [0.1, 0.15) is 49.3 Å². The summed E-state index contributed by atoms with van der Waals surface area (Å²) in [4.78, 5) is 19.4. The topological polar surface area (TPSA) is 45.2 Å². The average molecular weight is 434 g/mol. The highest BCUT2D eigenvalue weighted by atomic mass is 35.5. The van der Waals surface area contributed by atoms with E-state index >= 15 is 0 Å². The molecule has 1 aliphatic heterocycles. The molecule has 160 valence electrons. The molecule has 1 saturated heterocycles. The van der Waals surface area contributed by atoms with Gasteiger partial charge in [0.15, 0.2) is 0 Å². The molecule has 4 nitrogen and oxygen atoms in total. The van der Waals surface area contributed by atoms with Crippen LogP contribution in [0.15, 0.2) is 36.7 Å². The summed E-state index contributed by atoms with van der Waals surface area (Å²) in [5.41, 5.74) is 0.999. The van der Waals surface area contributed by atoms with Crippen LogP contribution in [0.25, 0.3) is 0 Å². The highest BCUT2D eigenvalue weighted by Gasteiger charge is 2.35. The number of aromatic nitrogens is 1. The van der Waals surface area contributed by atoms with Gasteiger partial charge in [-0.15, -0.1) is 0 Å². The van der Waals surface area contributed by atoms with Crippen LogP contribution in [0.4, 0.5) is 8.78 Å². The van der Waals surface area contributed by atoms with Crippen molar-refractivity contribution in [1.82, 2.24) is 15.2 Å². The monoisotopic (exact) mass is 433 g/mol. The SMILES string of the molecule is O=C(N[C@H](c1c(F)ccc(Cl)c1F)C1CCCC1)[C@H]1CCN(Cc2cccnc2)C1. The summed E-state index contributed by atoms with van der Waals surface area (Å²) in [5, 5.41) is 2.88. The van der Waals surface area contributed by atoms with Crippen molar-refractivity contribution in [1.29, 1.82) is 0 Å². The number of rotatable bonds is 6. The molecule has 1 aromatic heterocycles. The molecule has 30 heavy (non-hydrogen) atoms. The second-order valence-electron chi connectivity index (χ2n) is 8.37. The molecule has 2 aliphatic rings. The summed E-state index contributed by atoms with van der Waals surface area (Å²) in [5.74, 6) is -1.74. The van der Waals surface area contributed by atoms with Crippen molar-refractivity contribution in [2.45, 2.75) is 44.7 Å². The van der Waals surface area contributed by atoms with E-state index in [4.69, 9.17) is 11.6 Å². The zero-order chi connectivity index (χ0) is 21.1. The first-order valence-electron chi connectivity index (χ1n) is 10.6. The van der Waals surface area contributed by atoms with Gasteiger partial charge in [-0.3, -0.25) is 14.7 Å². The lowest BCUT2D eigenvalue weighted by atomic mass is 9.90. The molecule has 1 aromatic carbocycles. The fourth-order valence-corrected chi connectivity index (χ4v) is 4.92. The van der Waals surface area contributed by atoms with Crippen molar-refractivity contribution in [3.05, 3.63) is 64.4 Å². The van der Waals surface area contributed by atoms with Gasteiger partial charge in [0, 0.05) is 31.0 Å². The van der Waals surface area contributed by atoms with Crippen LogP contribution >= 0.6 is 11.6 Å². The minimum absolute atomic E-state index is 0.0179. The van der Waals surface area contributed by atoms with E-state index in [-0.39, 0.29) is 28.3 Å². The van der Waals surface area contributed by atoms with Crippen LogP contribution in [0, 0.1) is 23.5 Å². The Kier molecular flexibility index (Phi) is 6.64. The zero-order valence-corrected chi connectivity index (χ0v) is 17.5. The van der Waals surface area contributed by atoms with Crippen molar-refractivity contribution in [3.63, 3.8) is 0 Å². The number of pyridine rings is 1. The Labute approximate surface area is 180 Å². The first-order valence-corrected chi connectivity index (χ1v) is 11.0. The van der Waals surface area contributed by atoms with E-state index in [1.807, 2.05) is 18.3 Å². The fourth-order valence-electron chi connectivity index (χ4n) is 4.76. The number of carbonyl (C=O) groups is 1. The molecule has 2 atom stereocenters. The van der Waals surface area contributed by atoms with Crippen molar-refractivity contribution < 1.29 is 13.6 Å².